The van der Waals surface area contributed by atoms with E-state index in [1.54, 1.807) is 11.8 Å². The minimum atomic E-state index is -0.242. The van der Waals surface area contributed by atoms with Gasteiger partial charge in [0, 0.05) is 13.1 Å². The van der Waals surface area contributed by atoms with Crippen LogP contribution < -0.4 is 9.47 Å². The first kappa shape index (κ1) is 15.9. The summed E-state index contributed by atoms with van der Waals surface area (Å²) in [6.07, 6.45) is 0.000102. The molecular weight excluding hydrogens is 326 g/mol. The van der Waals surface area contributed by atoms with Crippen molar-refractivity contribution in [3.63, 3.8) is 0 Å². The molecule has 132 valence electrons. The Kier molecular flexibility index (Phi) is 4.04. The number of hydrogen-bond acceptors (Lipinski definition) is 7. The summed E-state index contributed by atoms with van der Waals surface area (Å²) in [5.74, 6) is 2.29. The van der Waals surface area contributed by atoms with Gasteiger partial charge in [-0.15, -0.1) is 0 Å². The highest BCUT2D eigenvalue weighted by atomic mass is 16.7. The van der Waals surface area contributed by atoms with E-state index in [0.717, 1.165) is 11.3 Å². The van der Waals surface area contributed by atoms with Gasteiger partial charge in [-0.1, -0.05) is 11.2 Å². The first-order chi connectivity index (χ1) is 12.1. The Morgan fingerprint density at radius 1 is 1.36 bits per heavy atom. The lowest BCUT2D eigenvalue weighted by Crippen LogP contribution is -2.55. The van der Waals surface area contributed by atoms with Crippen LogP contribution in [0.25, 0.3) is 0 Å². The summed E-state index contributed by atoms with van der Waals surface area (Å²) in [6.45, 7) is 5.29. The maximum Gasteiger partial charge on any atom is 0.252 e. The highest BCUT2D eigenvalue weighted by molar-refractivity contribution is 5.84. The van der Waals surface area contributed by atoms with Gasteiger partial charge in [0.05, 0.1) is 12.0 Å². The summed E-state index contributed by atoms with van der Waals surface area (Å²) in [7, 11) is 0. The number of fused-ring (bicyclic) bond motifs is 1. The van der Waals surface area contributed by atoms with Gasteiger partial charge >= 0.3 is 0 Å². The lowest BCUT2D eigenvalue weighted by Gasteiger charge is -2.40. The fraction of sp³-hybridized carbons (Fsp3) is 0.471. The zero-order valence-electron chi connectivity index (χ0n) is 14.1. The van der Waals surface area contributed by atoms with Gasteiger partial charge < -0.3 is 23.6 Å². The van der Waals surface area contributed by atoms with E-state index in [0.29, 0.717) is 30.6 Å². The van der Waals surface area contributed by atoms with Crippen molar-refractivity contribution in [2.75, 3.05) is 19.9 Å². The molecule has 25 heavy (non-hydrogen) atoms. The Balaban J connectivity index is 1.29. The molecule has 1 amide bonds. The molecule has 0 N–H and O–H groups in total. The number of aryl methyl sites for hydroxylation is 1. The van der Waals surface area contributed by atoms with E-state index in [1.807, 2.05) is 25.1 Å². The zero-order valence-corrected chi connectivity index (χ0v) is 14.1. The predicted octanol–water partition coefficient (Wildman–Crippen LogP) is 1.64. The molecule has 4 rings (SSSR count). The number of ether oxygens (including phenoxy) is 3. The number of hydrogen-bond donors (Lipinski definition) is 0. The van der Waals surface area contributed by atoms with Crippen molar-refractivity contribution in [1.29, 1.82) is 0 Å². The SMILES string of the molecule is Cc1noc(COC2CN(C(=O)C(C)c3ccc4c(c3)OCO4)C2)n1. The van der Waals surface area contributed by atoms with Crippen molar-refractivity contribution < 1.29 is 23.5 Å². The minimum Gasteiger partial charge on any atom is -0.454 e. The molecule has 0 aliphatic carbocycles. The standard InChI is InChI=1S/C17H19N3O5/c1-10(12-3-4-14-15(5-12)24-9-23-14)17(21)20-6-13(7-20)22-8-16-18-11(2)19-25-16/h3-5,10,13H,6-9H2,1-2H3. The van der Waals surface area contributed by atoms with Crippen molar-refractivity contribution >= 4 is 5.91 Å². The lowest BCUT2D eigenvalue weighted by atomic mass is 9.97. The minimum absolute atomic E-state index is 0.000102. The average molecular weight is 345 g/mol. The second kappa shape index (κ2) is 6.36. The number of aromatic nitrogens is 2. The van der Waals surface area contributed by atoms with Crippen molar-refractivity contribution in [3.05, 3.63) is 35.5 Å². The highest BCUT2D eigenvalue weighted by Gasteiger charge is 2.34. The summed E-state index contributed by atoms with van der Waals surface area (Å²) in [5.41, 5.74) is 0.917. The number of carbonyl (C=O) groups is 1. The van der Waals surface area contributed by atoms with E-state index in [2.05, 4.69) is 10.1 Å². The molecular formula is C17H19N3O5. The Morgan fingerprint density at radius 2 is 2.16 bits per heavy atom. The molecule has 0 radical (unpaired) electrons. The first-order valence-corrected chi connectivity index (χ1v) is 8.19. The van der Waals surface area contributed by atoms with E-state index in [4.69, 9.17) is 18.7 Å². The molecule has 1 unspecified atom stereocenters. The summed E-state index contributed by atoms with van der Waals surface area (Å²) >= 11 is 0. The monoisotopic (exact) mass is 345 g/mol. The van der Waals surface area contributed by atoms with E-state index in [1.165, 1.54) is 0 Å². The van der Waals surface area contributed by atoms with Crippen LogP contribution in [-0.2, 0) is 16.1 Å². The van der Waals surface area contributed by atoms with Gasteiger partial charge in [-0.05, 0) is 31.5 Å². The second-order valence-corrected chi connectivity index (χ2v) is 6.25. The zero-order chi connectivity index (χ0) is 17.4. The summed E-state index contributed by atoms with van der Waals surface area (Å²) in [5, 5.41) is 3.71. The Labute approximate surface area is 144 Å². The quantitative estimate of drug-likeness (QED) is 0.814. The highest BCUT2D eigenvalue weighted by Crippen LogP contribution is 2.35. The molecule has 8 nitrogen and oxygen atoms in total. The predicted molar refractivity (Wildman–Crippen MR) is 85.2 cm³/mol. The number of likely N-dealkylation sites (tertiary alicyclic amines) is 1. The summed E-state index contributed by atoms with van der Waals surface area (Å²) in [6, 6.07) is 5.62. The van der Waals surface area contributed by atoms with Gasteiger partial charge in [0.2, 0.25) is 12.7 Å². The number of rotatable bonds is 5. The molecule has 1 aromatic carbocycles. The Bertz CT molecular complexity index is 784. The molecule has 1 fully saturated rings. The van der Waals surface area contributed by atoms with Crippen LogP contribution in [0.1, 0.15) is 30.1 Å². The van der Waals surface area contributed by atoms with Gasteiger partial charge in [0.25, 0.3) is 5.89 Å². The Morgan fingerprint density at radius 3 is 2.92 bits per heavy atom. The van der Waals surface area contributed by atoms with Crippen molar-refractivity contribution in [1.82, 2.24) is 15.0 Å². The van der Waals surface area contributed by atoms with Gasteiger partial charge in [-0.3, -0.25) is 4.79 Å². The molecule has 0 bridgehead atoms. The number of nitrogens with zero attached hydrogens (tertiary/aromatic N) is 3. The molecule has 1 aromatic heterocycles. The molecule has 2 aliphatic heterocycles. The largest absolute Gasteiger partial charge is 0.454 e. The first-order valence-electron chi connectivity index (χ1n) is 8.19. The van der Waals surface area contributed by atoms with Crippen LogP contribution in [0, 0.1) is 6.92 Å². The lowest BCUT2D eigenvalue weighted by molar-refractivity contribution is -0.147. The van der Waals surface area contributed by atoms with Crippen LogP contribution in [-0.4, -0.2) is 46.9 Å². The van der Waals surface area contributed by atoms with E-state index in [-0.39, 0.29) is 31.3 Å². The fourth-order valence-corrected chi connectivity index (χ4v) is 2.91. The molecule has 1 atom stereocenters. The van der Waals surface area contributed by atoms with Gasteiger partial charge in [0.1, 0.15) is 6.61 Å². The smallest absolute Gasteiger partial charge is 0.252 e. The van der Waals surface area contributed by atoms with Crippen molar-refractivity contribution in [2.24, 2.45) is 0 Å². The topological polar surface area (TPSA) is 86.9 Å². The maximum absolute atomic E-state index is 12.6. The van der Waals surface area contributed by atoms with Crippen LogP contribution in [0.3, 0.4) is 0 Å². The van der Waals surface area contributed by atoms with E-state index >= 15 is 0 Å². The molecule has 1 saturated heterocycles. The molecule has 0 saturated carbocycles. The number of benzene rings is 1. The number of carbonyl (C=O) groups excluding carboxylic acids is 1. The summed E-state index contributed by atoms with van der Waals surface area (Å²) in [4.78, 5) is 18.5. The van der Waals surface area contributed by atoms with Crippen molar-refractivity contribution in [2.45, 2.75) is 32.5 Å². The van der Waals surface area contributed by atoms with Crippen molar-refractivity contribution in [3.8, 4) is 11.5 Å². The molecule has 2 aliphatic rings. The average Bonchev–Trinajstić information content (AvgIpc) is 3.20. The molecule has 8 heteroatoms. The molecule has 3 heterocycles. The van der Waals surface area contributed by atoms with E-state index < -0.39 is 0 Å². The second-order valence-electron chi connectivity index (χ2n) is 6.25. The molecule has 2 aromatic rings. The van der Waals surface area contributed by atoms with Gasteiger partial charge in [0.15, 0.2) is 17.3 Å². The third-order valence-electron chi connectivity index (χ3n) is 4.44. The molecule has 0 spiro atoms. The van der Waals surface area contributed by atoms with Crippen LogP contribution >= 0.6 is 0 Å². The fourth-order valence-electron chi connectivity index (χ4n) is 2.91. The van der Waals surface area contributed by atoms with Crippen LogP contribution in [0.5, 0.6) is 11.5 Å². The third kappa shape index (κ3) is 3.17. The summed E-state index contributed by atoms with van der Waals surface area (Å²) < 4.78 is 21.4. The van der Waals surface area contributed by atoms with Crippen LogP contribution in [0.4, 0.5) is 0 Å². The Hall–Kier alpha value is -2.61. The maximum atomic E-state index is 12.6. The van der Waals surface area contributed by atoms with Gasteiger partial charge in [-0.2, -0.15) is 4.98 Å². The van der Waals surface area contributed by atoms with E-state index in [9.17, 15) is 4.79 Å². The normalized spacial score (nSPS) is 17.4. The van der Waals surface area contributed by atoms with Crippen LogP contribution in [0.2, 0.25) is 0 Å². The van der Waals surface area contributed by atoms with Gasteiger partial charge in [-0.25, -0.2) is 0 Å². The van der Waals surface area contributed by atoms with Crippen LogP contribution in [0.15, 0.2) is 22.7 Å². The third-order valence-corrected chi connectivity index (χ3v) is 4.44. The number of amides is 1.